The molecule has 0 unspecified atom stereocenters. The first-order chi connectivity index (χ1) is 10.3. The summed E-state index contributed by atoms with van der Waals surface area (Å²) in [7, 11) is 0. The average molecular weight is 370 g/mol. The highest BCUT2D eigenvalue weighted by atomic mass is 79.9. The first-order valence-electron chi connectivity index (χ1n) is 7.14. The molecule has 1 aliphatic rings. The van der Waals surface area contributed by atoms with Crippen LogP contribution < -0.4 is 4.74 Å². The van der Waals surface area contributed by atoms with Crippen LogP contribution in [0.4, 0.5) is 4.79 Å². The molecule has 0 bridgehead atoms. The lowest BCUT2D eigenvalue weighted by Crippen LogP contribution is -2.53. The van der Waals surface area contributed by atoms with Gasteiger partial charge in [-0.25, -0.2) is 4.79 Å². The molecule has 2 rings (SSSR count). The number of benzene rings is 1. The molecule has 0 N–H and O–H groups in total. The SMILES string of the molecule is CC(C)(C)OC(=O)N1CC(COc2cc(Br)ccc2C=O)C1. The minimum Gasteiger partial charge on any atom is -0.492 e. The van der Waals surface area contributed by atoms with Crippen LogP contribution >= 0.6 is 15.9 Å². The van der Waals surface area contributed by atoms with Crippen LogP contribution in [0.15, 0.2) is 22.7 Å². The number of amides is 1. The standard InChI is InChI=1S/C16H20BrNO4/c1-16(2,3)22-15(20)18-7-11(8-18)10-21-14-6-13(17)5-4-12(14)9-19/h4-6,9,11H,7-8,10H2,1-3H3. The van der Waals surface area contributed by atoms with Crippen molar-refractivity contribution in [1.82, 2.24) is 4.90 Å². The fourth-order valence-corrected chi connectivity index (χ4v) is 2.43. The number of hydrogen-bond acceptors (Lipinski definition) is 4. The largest absolute Gasteiger partial charge is 0.492 e. The van der Waals surface area contributed by atoms with Gasteiger partial charge in [-0.05, 0) is 39.0 Å². The highest BCUT2D eigenvalue weighted by Gasteiger charge is 2.34. The second-order valence-corrected chi connectivity index (χ2v) is 7.28. The van der Waals surface area contributed by atoms with Crippen LogP contribution in [0.25, 0.3) is 0 Å². The molecular formula is C16H20BrNO4. The lowest BCUT2D eigenvalue weighted by molar-refractivity contribution is -0.00783. The highest BCUT2D eigenvalue weighted by molar-refractivity contribution is 9.10. The number of likely N-dealkylation sites (tertiary alicyclic amines) is 1. The van der Waals surface area contributed by atoms with Crippen molar-refractivity contribution >= 4 is 28.3 Å². The number of ether oxygens (including phenoxy) is 2. The molecule has 1 fully saturated rings. The van der Waals surface area contributed by atoms with E-state index in [4.69, 9.17) is 9.47 Å². The van der Waals surface area contributed by atoms with Gasteiger partial charge in [0.15, 0.2) is 6.29 Å². The number of carbonyl (C=O) groups excluding carboxylic acids is 2. The van der Waals surface area contributed by atoms with Crippen LogP contribution in [0, 0.1) is 5.92 Å². The maximum atomic E-state index is 11.8. The van der Waals surface area contributed by atoms with Crippen molar-refractivity contribution in [1.29, 1.82) is 0 Å². The van der Waals surface area contributed by atoms with Crippen molar-refractivity contribution in [2.75, 3.05) is 19.7 Å². The lowest BCUT2D eigenvalue weighted by Gasteiger charge is -2.39. The fraction of sp³-hybridized carbons (Fsp3) is 0.500. The van der Waals surface area contributed by atoms with Crippen LogP contribution in [-0.4, -0.2) is 42.6 Å². The van der Waals surface area contributed by atoms with E-state index < -0.39 is 5.60 Å². The van der Waals surface area contributed by atoms with Gasteiger partial charge in [0.2, 0.25) is 0 Å². The van der Waals surface area contributed by atoms with Gasteiger partial charge >= 0.3 is 6.09 Å². The first-order valence-corrected chi connectivity index (χ1v) is 7.93. The molecule has 1 saturated heterocycles. The molecule has 120 valence electrons. The Morgan fingerprint density at radius 2 is 2.09 bits per heavy atom. The minimum absolute atomic E-state index is 0.256. The van der Waals surface area contributed by atoms with Gasteiger partial charge < -0.3 is 14.4 Å². The van der Waals surface area contributed by atoms with E-state index >= 15 is 0 Å². The fourth-order valence-electron chi connectivity index (χ4n) is 2.09. The highest BCUT2D eigenvalue weighted by Crippen LogP contribution is 2.25. The summed E-state index contributed by atoms with van der Waals surface area (Å²) in [6.07, 6.45) is 0.481. The van der Waals surface area contributed by atoms with Crippen molar-refractivity contribution < 1.29 is 19.1 Å². The van der Waals surface area contributed by atoms with Gasteiger partial charge in [-0.15, -0.1) is 0 Å². The third-order valence-corrected chi connectivity index (χ3v) is 3.68. The molecule has 1 aromatic carbocycles. The number of rotatable bonds is 4. The molecule has 0 spiro atoms. The Hall–Kier alpha value is -1.56. The van der Waals surface area contributed by atoms with Gasteiger partial charge in [-0.1, -0.05) is 15.9 Å². The van der Waals surface area contributed by atoms with Gasteiger partial charge in [-0.2, -0.15) is 0 Å². The Morgan fingerprint density at radius 1 is 1.41 bits per heavy atom. The van der Waals surface area contributed by atoms with Crippen LogP contribution in [-0.2, 0) is 4.74 Å². The molecule has 1 aromatic rings. The minimum atomic E-state index is -0.478. The molecule has 22 heavy (non-hydrogen) atoms. The first kappa shape index (κ1) is 16.8. The van der Waals surface area contributed by atoms with E-state index in [-0.39, 0.29) is 12.0 Å². The van der Waals surface area contributed by atoms with Crippen LogP contribution in [0.1, 0.15) is 31.1 Å². The maximum Gasteiger partial charge on any atom is 0.410 e. The van der Waals surface area contributed by atoms with Crippen molar-refractivity contribution in [2.45, 2.75) is 26.4 Å². The van der Waals surface area contributed by atoms with Crippen LogP contribution in [0.2, 0.25) is 0 Å². The molecule has 0 saturated carbocycles. The van der Waals surface area contributed by atoms with E-state index in [0.29, 0.717) is 31.0 Å². The Bertz CT molecular complexity index is 562. The summed E-state index contributed by atoms with van der Waals surface area (Å²) in [5.41, 5.74) is 0.0416. The number of aldehydes is 1. The van der Waals surface area contributed by atoms with E-state index in [9.17, 15) is 9.59 Å². The quantitative estimate of drug-likeness (QED) is 0.762. The van der Waals surface area contributed by atoms with Crippen molar-refractivity contribution in [2.24, 2.45) is 5.92 Å². The Morgan fingerprint density at radius 3 is 2.68 bits per heavy atom. The Balaban J connectivity index is 1.80. The molecule has 5 nitrogen and oxygen atoms in total. The molecule has 6 heteroatoms. The second-order valence-electron chi connectivity index (χ2n) is 6.36. The van der Waals surface area contributed by atoms with Gasteiger partial charge in [0, 0.05) is 23.5 Å². The van der Waals surface area contributed by atoms with Crippen LogP contribution in [0.5, 0.6) is 5.75 Å². The summed E-state index contributed by atoms with van der Waals surface area (Å²) in [6, 6.07) is 5.28. The third kappa shape index (κ3) is 4.47. The summed E-state index contributed by atoms with van der Waals surface area (Å²) in [4.78, 5) is 24.4. The van der Waals surface area contributed by atoms with E-state index in [1.807, 2.05) is 20.8 Å². The summed E-state index contributed by atoms with van der Waals surface area (Å²) >= 11 is 3.35. The van der Waals surface area contributed by atoms with E-state index in [1.54, 1.807) is 23.1 Å². The molecule has 1 aliphatic heterocycles. The molecular weight excluding hydrogens is 350 g/mol. The van der Waals surface area contributed by atoms with E-state index in [1.165, 1.54) is 0 Å². The molecule has 0 radical (unpaired) electrons. The molecule has 1 amide bonds. The topological polar surface area (TPSA) is 55.8 Å². The van der Waals surface area contributed by atoms with Crippen molar-refractivity contribution in [3.05, 3.63) is 28.2 Å². The van der Waals surface area contributed by atoms with Crippen molar-refractivity contribution in [3.8, 4) is 5.75 Å². The molecule has 0 atom stereocenters. The predicted molar refractivity (Wildman–Crippen MR) is 86.3 cm³/mol. The number of halogens is 1. The zero-order chi connectivity index (χ0) is 16.3. The number of nitrogens with zero attached hydrogens (tertiary/aromatic N) is 1. The van der Waals surface area contributed by atoms with Crippen molar-refractivity contribution in [3.63, 3.8) is 0 Å². The summed E-state index contributed by atoms with van der Waals surface area (Å²) in [5.74, 6) is 0.811. The number of carbonyl (C=O) groups is 2. The maximum absolute atomic E-state index is 11.8. The van der Waals surface area contributed by atoms with Gasteiger partial charge in [0.05, 0.1) is 12.2 Å². The summed E-state index contributed by atoms with van der Waals surface area (Å²) < 4.78 is 11.9. The Labute approximate surface area is 138 Å². The third-order valence-electron chi connectivity index (χ3n) is 3.19. The lowest BCUT2D eigenvalue weighted by atomic mass is 10.0. The molecule has 1 heterocycles. The zero-order valence-electron chi connectivity index (χ0n) is 13.0. The predicted octanol–water partition coefficient (Wildman–Crippen LogP) is 3.51. The molecule has 0 aromatic heterocycles. The zero-order valence-corrected chi connectivity index (χ0v) is 14.6. The molecule has 0 aliphatic carbocycles. The van der Waals surface area contributed by atoms with E-state index in [0.717, 1.165) is 10.8 Å². The monoisotopic (exact) mass is 369 g/mol. The average Bonchev–Trinajstić information content (AvgIpc) is 2.34. The van der Waals surface area contributed by atoms with Crippen LogP contribution in [0.3, 0.4) is 0 Å². The van der Waals surface area contributed by atoms with E-state index in [2.05, 4.69) is 15.9 Å². The van der Waals surface area contributed by atoms with Gasteiger partial charge in [0.1, 0.15) is 11.4 Å². The number of hydrogen-bond donors (Lipinski definition) is 0. The summed E-state index contributed by atoms with van der Waals surface area (Å²) in [5, 5.41) is 0. The smallest absolute Gasteiger partial charge is 0.410 e. The normalized spacial score (nSPS) is 15.2. The van der Waals surface area contributed by atoms with Gasteiger partial charge in [-0.3, -0.25) is 4.79 Å². The second kappa shape index (κ2) is 6.69. The summed E-state index contributed by atoms with van der Waals surface area (Å²) in [6.45, 7) is 7.23. The Kier molecular flexibility index (Phi) is 5.11. The van der Waals surface area contributed by atoms with Gasteiger partial charge in [0.25, 0.3) is 0 Å².